The van der Waals surface area contributed by atoms with Gasteiger partial charge in [-0.2, -0.15) is 13.2 Å². The molecule has 3 nitrogen and oxygen atoms in total. The molecule has 0 spiro atoms. The molecule has 7 heteroatoms. The van der Waals surface area contributed by atoms with E-state index < -0.39 is 17.8 Å². The molecule has 1 atom stereocenters. The van der Waals surface area contributed by atoms with Gasteiger partial charge in [-0.15, -0.1) is 0 Å². The highest BCUT2D eigenvalue weighted by Gasteiger charge is 2.31. The predicted octanol–water partition coefficient (Wildman–Crippen LogP) is 3.67. The number of benzene rings is 1. The fourth-order valence-corrected chi connectivity index (χ4v) is 2.17. The van der Waals surface area contributed by atoms with Crippen molar-refractivity contribution in [2.24, 2.45) is 5.92 Å². The van der Waals surface area contributed by atoms with Crippen molar-refractivity contribution in [3.8, 4) is 0 Å². The normalized spacial score (nSPS) is 16.8. The first kappa shape index (κ1) is 16.6. The van der Waals surface area contributed by atoms with Crippen LogP contribution in [0.25, 0.3) is 0 Å². The fraction of sp³-hybridized carbons (Fsp3) is 0.571. The molecular weight excluding hydrogens is 351 g/mol. The zero-order valence-corrected chi connectivity index (χ0v) is 12.9. The van der Waals surface area contributed by atoms with Gasteiger partial charge < -0.3 is 15.2 Å². The summed E-state index contributed by atoms with van der Waals surface area (Å²) in [5.41, 5.74) is -0.432. The molecule has 2 N–H and O–H groups in total. The lowest BCUT2D eigenvalue weighted by Gasteiger charge is -2.15. The smallest absolute Gasteiger partial charge is 0.389 e. The molecule has 118 valence electrons. The second kappa shape index (κ2) is 6.98. The van der Waals surface area contributed by atoms with Gasteiger partial charge in [-0.25, -0.2) is 0 Å². The van der Waals surface area contributed by atoms with Gasteiger partial charge >= 0.3 is 6.18 Å². The third-order valence-electron chi connectivity index (χ3n) is 3.18. The Bertz CT molecular complexity index is 478. The molecule has 1 aromatic rings. The number of hydrogen-bond acceptors (Lipinski definition) is 3. The van der Waals surface area contributed by atoms with E-state index in [0.29, 0.717) is 22.7 Å². The summed E-state index contributed by atoms with van der Waals surface area (Å²) in [6.45, 7) is 0.953. The lowest BCUT2D eigenvalue weighted by atomic mass is 10.2. The average molecular weight is 368 g/mol. The van der Waals surface area contributed by atoms with Crippen molar-refractivity contribution < 1.29 is 23.0 Å². The maximum absolute atomic E-state index is 12.6. The quantitative estimate of drug-likeness (QED) is 0.772. The van der Waals surface area contributed by atoms with Gasteiger partial charge in [-0.3, -0.25) is 0 Å². The molecule has 0 heterocycles. The third kappa shape index (κ3) is 5.48. The summed E-state index contributed by atoms with van der Waals surface area (Å²) in [7, 11) is 0. The largest absolute Gasteiger partial charge is 0.416 e. The fourth-order valence-electron chi connectivity index (χ4n) is 1.78. The van der Waals surface area contributed by atoms with Crippen LogP contribution < -0.4 is 5.32 Å². The SMILES string of the molecule is OC(CNc1cc(C(F)(F)F)ccc1Br)COCC1CC1. The van der Waals surface area contributed by atoms with E-state index >= 15 is 0 Å². The van der Waals surface area contributed by atoms with Crippen LogP contribution in [0.3, 0.4) is 0 Å². The summed E-state index contributed by atoms with van der Waals surface area (Å²) in [5, 5.41) is 12.5. The van der Waals surface area contributed by atoms with E-state index in [2.05, 4.69) is 21.2 Å². The Balaban J connectivity index is 1.83. The molecule has 0 aromatic heterocycles. The number of alkyl halides is 3. The molecule has 1 saturated carbocycles. The highest BCUT2D eigenvalue weighted by Crippen LogP contribution is 2.34. The lowest BCUT2D eigenvalue weighted by molar-refractivity contribution is -0.137. The van der Waals surface area contributed by atoms with Crippen molar-refractivity contribution in [1.82, 2.24) is 0 Å². The number of rotatable bonds is 7. The van der Waals surface area contributed by atoms with Crippen molar-refractivity contribution >= 4 is 21.6 Å². The molecule has 1 aliphatic carbocycles. The first-order valence-electron chi connectivity index (χ1n) is 6.72. The van der Waals surface area contributed by atoms with Crippen molar-refractivity contribution in [3.05, 3.63) is 28.2 Å². The zero-order valence-electron chi connectivity index (χ0n) is 11.3. The molecule has 21 heavy (non-hydrogen) atoms. The van der Waals surface area contributed by atoms with Gasteiger partial charge in [0, 0.05) is 23.3 Å². The van der Waals surface area contributed by atoms with E-state index in [9.17, 15) is 18.3 Å². The van der Waals surface area contributed by atoms with E-state index in [-0.39, 0.29) is 13.2 Å². The molecule has 0 radical (unpaired) electrons. The molecule has 0 bridgehead atoms. The van der Waals surface area contributed by atoms with E-state index in [1.165, 1.54) is 18.9 Å². The average Bonchev–Trinajstić information content (AvgIpc) is 3.20. The molecular formula is C14H17BrF3NO2. The van der Waals surface area contributed by atoms with Crippen molar-refractivity contribution in [2.75, 3.05) is 25.1 Å². The summed E-state index contributed by atoms with van der Waals surface area (Å²) in [4.78, 5) is 0. The van der Waals surface area contributed by atoms with Crippen LogP contribution in [0, 0.1) is 5.92 Å². The minimum Gasteiger partial charge on any atom is -0.389 e. The summed E-state index contributed by atoms with van der Waals surface area (Å²) in [5.74, 6) is 0.614. The van der Waals surface area contributed by atoms with Crippen LogP contribution in [0.4, 0.5) is 18.9 Å². The van der Waals surface area contributed by atoms with Crippen LogP contribution >= 0.6 is 15.9 Å². The van der Waals surface area contributed by atoms with Gasteiger partial charge in [0.05, 0.1) is 18.3 Å². The molecule has 0 amide bonds. The Labute approximate surface area is 129 Å². The Morgan fingerprint density at radius 1 is 1.38 bits per heavy atom. The van der Waals surface area contributed by atoms with Gasteiger partial charge in [-0.1, -0.05) is 0 Å². The van der Waals surface area contributed by atoms with Crippen LogP contribution in [0.1, 0.15) is 18.4 Å². The number of nitrogens with one attached hydrogen (secondary N) is 1. The Kier molecular flexibility index (Phi) is 5.51. The second-order valence-electron chi connectivity index (χ2n) is 5.21. The minimum atomic E-state index is -4.39. The highest BCUT2D eigenvalue weighted by molar-refractivity contribution is 9.10. The molecule has 1 aliphatic rings. The predicted molar refractivity (Wildman–Crippen MR) is 77.2 cm³/mol. The van der Waals surface area contributed by atoms with Crippen LogP contribution in [-0.2, 0) is 10.9 Å². The maximum atomic E-state index is 12.6. The van der Waals surface area contributed by atoms with Crippen LogP contribution in [0.5, 0.6) is 0 Å². The maximum Gasteiger partial charge on any atom is 0.416 e. The Morgan fingerprint density at radius 2 is 2.10 bits per heavy atom. The minimum absolute atomic E-state index is 0.130. The highest BCUT2D eigenvalue weighted by atomic mass is 79.9. The van der Waals surface area contributed by atoms with Crippen LogP contribution in [-0.4, -0.2) is 31.0 Å². The standard InChI is InChI=1S/C14H17BrF3NO2/c15-12-4-3-10(14(16,17)18)5-13(12)19-6-11(20)8-21-7-9-1-2-9/h3-5,9,11,19-20H,1-2,6-8H2. The van der Waals surface area contributed by atoms with E-state index in [4.69, 9.17) is 4.74 Å². The summed E-state index contributed by atoms with van der Waals surface area (Å²) in [6.07, 6.45) is -2.80. The number of anilines is 1. The van der Waals surface area contributed by atoms with Gasteiger partial charge in [0.2, 0.25) is 0 Å². The molecule has 1 aromatic carbocycles. The molecule has 1 fully saturated rings. The van der Waals surface area contributed by atoms with Gasteiger partial charge in [0.25, 0.3) is 0 Å². The Morgan fingerprint density at radius 3 is 2.71 bits per heavy atom. The van der Waals surface area contributed by atoms with E-state index in [0.717, 1.165) is 12.1 Å². The number of ether oxygens (including phenoxy) is 1. The monoisotopic (exact) mass is 367 g/mol. The number of halogens is 4. The number of hydrogen-bond donors (Lipinski definition) is 2. The number of aliphatic hydroxyl groups excluding tert-OH is 1. The van der Waals surface area contributed by atoms with E-state index in [1.807, 2.05) is 0 Å². The van der Waals surface area contributed by atoms with Crippen LogP contribution in [0.15, 0.2) is 22.7 Å². The first-order chi connectivity index (χ1) is 9.86. The van der Waals surface area contributed by atoms with Crippen molar-refractivity contribution in [3.63, 3.8) is 0 Å². The molecule has 2 rings (SSSR count). The topological polar surface area (TPSA) is 41.5 Å². The van der Waals surface area contributed by atoms with Crippen LogP contribution in [0.2, 0.25) is 0 Å². The Hall–Kier alpha value is -0.790. The summed E-state index contributed by atoms with van der Waals surface area (Å²) >= 11 is 3.18. The van der Waals surface area contributed by atoms with Crippen molar-refractivity contribution in [1.29, 1.82) is 0 Å². The van der Waals surface area contributed by atoms with Crippen molar-refractivity contribution in [2.45, 2.75) is 25.1 Å². The van der Waals surface area contributed by atoms with E-state index in [1.54, 1.807) is 0 Å². The summed E-state index contributed by atoms with van der Waals surface area (Å²) in [6, 6.07) is 3.35. The second-order valence-corrected chi connectivity index (χ2v) is 6.06. The van der Waals surface area contributed by atoms with Gasteiger partial charge in [0.15, 0.2) is 0 Å². The zero-order chi connectivity index (χ0) is 15.5. The molecule has 0 aliphatic heterocycles. The summed E-state index contributed by atoms with van der Waals surface area (Å²) < 4.78 is 43.8. The third-order valence-corrected chi connectivity index (χ3v) is 3.87. The molecule has 0 saturated heterocycles. The molecule has 1 unspecified atom stereocenters. The lowest BCUT2D eigenvalue weighted by Crippen LogP contribution is -2.25. The van der Waals surface area contributed by atoms with Gasteiger partial charge in [0.1, 0.15) is 0 Å². The first-order valence-corrected chi connectivity index (χ1v) is 7.52. The van der Waals surface area contributed by atoms with Gasteiger partial charge in [-0.05, 0) is 52.9 Å². The number of aliphatic hydroxyl groups is 1.